The maximum absolute atomic E-state index is 13.1. The van der Waals surface area contributed by atoms with Crippen molar-refractivity contribution in [3.05, 3.63) is 65.7 Å². The van der Waals surface area contributed by atoms with E-state index in [1.54, 1.807) is 13.2 Å². The fourth-order valence-corrected chi connectivity index (χ4v) is 6.34. The normalized spacial score (nSPS) is 26.0. The van der Waals surface area contributed by atoms with Gasteiger partial charge in [0.2, 0.25) is 10.0 Å². The van der Waals surface area contributed by atoms with Crippen LogP contribution >= 0.6 is 0 Å². The molecule has 1 fully saturated rings. The lowest BCUT2D eigenvalue weighted by molar-refractivity contribution is 0.0730. The fourth-order valence-electron chi connectivity index (χ4n) is 4.90. The van der Waals surface area contributed by atoms with Gasteiger partial charge >= 0.3 is 0 Å². The first kappa shape index (κ1) is 19.6. The van der Waals surface area contributed by atoms with Gasteiger partial charge in [0.1, 0.15) is 5.75 Å². The first-order chi connectivity index (χ1) is 14.6. The van der Waals surface area contributed by atoms with Gasteiger partial charge in [-0.1, -0.05) is 30.4 Å². The Morgan fingerprint density at radius 1 is 1.10 bits per heavy atom. The molecule has 2 heterocycles. The molecule has 2 aromatic rings. The van der Waals surface area contributed by atoms with Crippen molar-refractivity contribution in [3.8, 4) is 5.75 Å². The molecule has 5 rings (SSSR count). The molecule has 6 nitrogen and oxygen atoms in total. The van der Waals surface area contributed by atoms with Crippen molar-refractivity contribution in [2.24, 2.45) is 5.92 Å². The van der Waals surface area contributed by atoms with E-state index in [0.717, 1.165) is 29.0 Å². The van der Waals surface area contributed by atoms with Crippen molar-refractivity contribution < 1.29 is 17.9 Å². The van der Waals surface area contributed by atoms with Gasteiger partial charge < -0.3 is 14.8 Å². The van der Waals surface area contributed by atoms with Gasteiger partial charge in [0.05, 0.1) is 31.3 Å². The van der Waals surface area contributed by atoms with Crippen LogP contribution in [0.4, 0.5) is 5.69 Å². The molecule has 0 radical (unpaired) electrons. The lowest BCUT2D eigenvalue weighted by Crippen LogP contribution is -2.40. The van der Waals surface area contributed by atoms with E-state index < -0.39 is 10.0 Å². The zero-order chi connectivity index (χ0) is 20.7. The van der Waals surface area contributed by atoms with Gasteiger partial charge in [-0.05, 0) is 42.2 Å². The van der Waals surface area contributed by atoms with E-state index in [2.05, 4.69) is 23.5 Å². The number of nitrogens with one attached hydrogen (secondary N) is 1. The van der Waals surface area contributed by atoms with Crippen LogP contribution in [0.2, 0.25) is 0 Å². The van der Waals surface area contributed by atoms with E-state index in [1.165, 1.54) is 4.31 Å². The maximum atomic E-state index is 13.1. The van der Waals surface area contributed by atoms with E-state index >= 15 is 0 Å². The van der Waals surface area contributed by atoms with Crippen LogP contribution in [0.25, 0.3) is 0 Å². The zero-order valence-corrected chi connectivity index (χ0v) is 17.8. The molecule has 0 aromatic heterocycles. The van der Waals surface area contributed by atoms with Gasteiger partial charge in [0.15, 0.2) is 0 Å². The molecule has 3 atom stereocenters. The van der Waals surface area contributed by atoms with Crippen molar-refractivity contribution in [1.82, 2.24) is 4.31 Å². The van der Waals surface area contributed by atoms with Crippen LogP contribution in [-0.4, -0.2) is 46.1 Å². The molecular formula is C23H26N2O4S. The number of methoxy groups -OCH3 is 1. The number of morpholine rings is 1. The van der Waals surface area contributed by atoms with Crippen LogP contribution in [-0.2, 0) is 14.8 Å². The summed E-state index contributed by atoms with van der Waals surface area (Å²) in [7, 11) is -1.82. The Morgan fingerprint density at radius 3 is 2.70 bits per heavy atom. The number of anilines is 1. The summed E-state index contributed by atoms with van der Waals surface area (Å²) in [6, 6.07) is 13.7. The minimum Gasteiger partial charge on any atom is -0.496 e. The van der Waals surface area contributed by atoms with Crippen molar-refractivity contribution >= 4 is 15.7 Å². The lowest BCUT2D eigenvalue weighted by Gasteiger charge is -2.38. The second-order valence-corrected chi connectivity index (χ2v) is 9.92. The van der Waals surface area contributed by atoms with Gasteiger partial charge in [-0.15, -0.1) is 0 Å². The Bertz CT molecular complexity index is 1080. The summed E-state index contributed by atoms with van der Waals surface area (Å²) in [4.78, 5) is 0.361. The first-order valence-corrected chi connectivity index (χ1v) is 11.8. The average Bonchev–Trinajstić information content (AvgIpc) is 3.29. The number of allylic oxidation sites excluding steroid dienone is 2. The Morgan fingerprint density at radius 2 is 1.90 bits per heavy atom. The van der Waals surface area contributed by atoms with Gasteiger partial charge in [0, 0.05) is 30.3 Å². The summed E-state index contributed by atoms with van der Waals surface area (Å²) in [5.41, 5.74) is 3.17. The number of ether oxygens (including phenoxy) is 2. The highest BCUT2D eigenvalue weighted by molar-refractivity contribution is 7.89. The Kier molecular flexibility index (Phi) is 5.05. The third-order valence-electron chi connectivity index (χ3n) is 6.42. The lowest BCUT2D eigenvalue weighted by atomic mass is 9.77. The minimum absolute atomic E-state index is 0.107. The molecule has 0 amide bonds. The Labute approximate surface area is 177 Å². The Balaban J connectivity index is 1.53. The number of sulfonamides is 1. The standard InChI is InChI=1S/C23H26N2O4S/c1-28-22-8-3-2-5-19(22)23-18-7-4-6-17(18)20-15-16(9-10-21(20)24-23)30(26,27)25-11-13-29-14-12-25/h2-6,8-10,15,17-18,23-24H,7,11-14H2,1H3. The predicted molar refractivity (Wildman–Crippen MR) is 115 cm³/mol. The highest BCUT2D eigenvalue weighted by atomic mass is 32.2. The number of para-hydroxylation sites is 1. The smallest absolute Gasteiger partial charge is 0.243 e. The molecule has 0 spiro atoms. The molecule has 3 aliphatic rings. The summed E-state index contributed by atoms with van der Waals surface area (Å²) in [5, 5.41) is 3.67. The first-order valence-electron chi connectivity index (χ1n) is 10.4. The third kappa shape index (κ3) is 3.21. The van der Waals surface area contributed by atoms with E-state index in [0.29, 0.717) is 37.1 Å². The molecule has 158 valence electrons. The second kappa shape index (κ2) is 7.72. The van der Waals surface area contributed by atoms with E-state index in [4.69, 9.17) is 9.47 Å². The number of hydrogen-bond acceptors (Lipinski definition) is 5. The molecule has 2 aromatic carbocycles. The summed E-state index contributed by atoms with van der Waals surface area (Å²) in [6.45, 7) is 1.69. The SMILES string of the molecule is COc1ccccc1C1Nc2ccc(S(=O)(=O)N3CCOCC3)cc2C2C=CCC21. The van der Waals surface area contributed by atoms with Gasteiger partial charge in [0.25, 0.3) is 0 Å². The largest absolute Gasteiger partial charge is 0.496 e. The van der Waals surface area contributed by atoms with Gasteiger partial charge in [-0.3, -0.25) is 0 Å². The number of benzene rings is 2. The third-order valence-corrected chi connectivity index (χ3v) is 8.31. The van der Waals surface area contributed by atoms with Crippen LogP contribution in [0.1, 0.15) is 29.5 Å². The highest BCUT2D eigenvalue weighted by Gasteiger charge is 2.39. The van der Waals surface area contributed by atoms with Crippen molar-refractivity contribution in [2.45, 2.75) is 23.3 Å². The molecule has 1 aliphatic carbocycles. The van der Waals surface area contributed by atoms with Crippen molar-refractivity contribution in [2.75, 3.05) is 38.7 Å². The molecule has 0 saturated carbocycles. The molecule has 30 heavy (non-hydrogen) atoms. The van der Waals surface area contributed by atoms with Gasteiger partial charge in [-0.25, -0.2) is 8.42 Å². The molecule has 7 heteroatoms. The molecule has 1 N–H and O–H groups in total. The van der Waals surface area contributed by atoms with Crippen LogP contribution in [0.3, 0.4) is 0 Å². The minimum atomic E-state index is -3.52. The highest BCUT2D eigenvalue weighted by Crippen LogP contribution is 2.51. The Hall–Kier alpha value is -2.35. The quantitative estimate of drug-likeness (QED) is 0.758. The molecule has 2 aliphatic heterocycles. The number of fused-ring (bicyclic) bond motifs is 3. The molecule has 1 saturated heterocycles. The average molecular weight is 427 g/mol. The molecular weight excluding hydrogens is 400 g/mol. The van der Waals surface area contributed by atoms with E-state index in [1.807, 2.05) is 30.3 Å². The maximum Gasteiger partial charge on any atom is 0.243 e. The van der Waals surface area contributed by atoms with Crippen LogP contribution in [0.15, 0.2) is 59.5 Å². The van der Waals surface area contributed by atoms with Gasteiger partial charge in [-0.2, -0.15) is 4.31 Å². The number of rotatable bonds is 4. The fraction of sp³-hybridized carbons (Fsp3) is 0.391. The van der Waals surface area contributed by atoms with E-state index in [9.17, 15) is 8.42 Å². The summed E-state index contributed by atoms with van der Waals surface area (Å²) in [5.74, 6) is 1.36. The number of nitrogens with zero attached hydrogens (tertiary/aromatic N) is 1. The molecule has 3 unspecified atom stereocenters. The molecule has 0 bridgehead atoms. The van der Waals surface area contributed by atoms with Crippen molar-refractivity contribution in [3.63, 3.8) is 0 Å². The summed E-state index contributed by atoms with van der Waals surface area (Å²) >= 11 is 0. The van der Waals surface area contributed by atoms with Crippen LogP contribution < -0.4 is 10.1 Å². The predicted octanol–water partition coefficient (Wildman–Crippen LogP) is 3.54. The number of hydrogen-bond donors (Lipinski definition) is 1. The van der Waals surface area contributed by atoms with Crippen LogP contribution in [0, 0.1) is 5.92 Å². The van der Waals surface area contributed by atoms with Crippen LogP contribution in [0.5, 0.6) is 5.75 Å². The summed E-state index contributed by atoms with van der Waals surface area (Å²) in [6.07, 6.45) is 5.37. The van der Waals surface area contributed by atoms with Crippen molar-refractivity contribution in [1.29, 1.82) is 0 Å². The zero-order valence-electron chi connectivity index (χ0n) is 17.0. The topological polar surface area (TPSA) is 67.9 Å². The monoisotopic (exact) mass is 426 g/mol. The van der Waals surface area contributed by atoms with E-state index in [-0.39, 0.29) is 12.0 Å². The second-order valence-electron chi connectivity index (χ2n) is 7.98. The summed E-state index contributed by atoms with van der Waals surface area (Å²) < 4.78 is 38.7.